The molecule has 3 aromatic carbocycles. The highest BCUT2D eigenvalue weighted by Gasteiger charge is 2.26. The number of amides is 1. The quantitative estimate of drug-likeness (QED) is 0.775. The molecule has 1 amide bonds. The summed E-state index contributed by atoms with van der Waals surface area (Å²) in [5.74, 6) is 0.110. The Kier molecular flexibility index (Phi) is 4.98. The Morgan fingerprint density at radius 2 is 1.69 bits per heavy atom. The number of fused-ring (bicyclic) bond motifs is 1. The third-order valence-electron chi connectivity index (χ3n) is 5.11. The predicted molar refractivity (Wildman–Crippen MR) is 105 cm³/mol. The number of nitrogens with one attached hydrogen (secondary N) is 1. The van der Waals surface area contributed by atoms with Crippen molar-refractivity contribution in [3.8, 4) is 0 Å². The largest absolute Gasteiger partial charge is 0.331 e. The van der Waals surface area contributed by atoms with Crippen LogP contribution in [0.25, 0.3) is 10.8 Å². The Morgan fingerprint density at radius 3 is 2.46 bits per heavy atom. The van der Waals surface area contributed by atoms with Crippen molar-refractivity contribution in [3.05, 3.63) is 83.9 Å². The molecule has 0 aliphatic carbocycles. The number of benzene rings is 3. The number of nitrogens with zero attached hydrogens (tertiary/aromatic N) is 1. The number of hydrogen-bond acceptors (Lipinski definition) is 2. The van der Waals surface area contributed by atoms with Crippen LogP contribution in [0.4, 0.5) is 0 Å². The van der Waals surface area contributed by atoms with Crippen LogP contribution in [0.15, 0.2) is 66.7 Å². The smallest absolute Gasteiger partial charge is 0.254 e. The maximum absolute atomic E-state index is 13.2. The van der Waals surface area contributed by atoms with Crippen molar-refractivity contribution in [2.45, 2.75) is 25.4 Å². The van der Waals surface area contributed by atoms with E-state index in [2.05, 4.69) is 29.6 Å². The Hall–Kier alpha value is -2.65. The van der Waals surface area contributed by atoms with Crippen LogP contribution in [0, 0.1) is 6.07 Å². The zero-order valence-corrected chi connectivity index (χ0v) is 14.8. The fourth-order valence-electron chi connectivity index (χ4n) is 3.68. The van der Waals surface area contributed by atoms with E-state index in [1.807, 2.05) is 53.4 Å². The van der Waals surface area contributed by atoms with Gasteiger partial charge in [0.2, 0.25) is 0 Å². The van der Waals surface area contributed by atoms with E-state index < -0.39 is 0 Å². The molecule has 3 aromatic rings. The summed E-state index contributed by atoms with van der Waals surface area (Å²) >= 11 is 0. The van der Waals surface area contributed by atoms with Gasteiger partial charge in [-0.25, -0.2) is 0 Å². The molecule has 0 spiro atoms. The molecule has 1 aliphatic heterocycles. The van der Waals surface area contributed by atoms with Crippen molar-refractivity contribution in [3.63, 3.8) is 0 Å². The van der Waals surface area contributed by atoms with Gasteiger partial charge in [0, 0.05) is 18.2 Å². The zero-order chi connectivity index (χ0) is 17.8. The van der Waals surface area contributed by atoms with E-state index in [-0.39, 0.29) is 11.9 Å². The fraction of sp³-hybridized carbons (Fsp3) is 0.261. The van der Waals surface area contributed by atoms with E-state index in [0.29, 0.717) is 6.54 Å². The summed E-state index contributed by atoms with van der Waals surface area (Å²) in [7, 11) is 0. The molecule has 0 atom stereocenters. The molecule has 1 N–H and O–H groups in total. The van der Waals surface area contributed by atoms with Crippen LogP contribution in [0.2, 0.25) is 0 Å². The molecule has 0 saturated carbocycles. The van der Waals surface area contributed by atoms with E-state index in [0.717, 1.165) is 37.1 Å². The van der Waals surface area contributed by atoms with Crippen molar-refractivity contribution < 1.29 is 4.79 Å². The molecule has 4 rings (SSSR count). The lowest BCUT2D eigenvalue weighted by Gasteiger charge is -2.35. The van der Waals surface area contributed by atoms with Crippen LogP contribution in [-0.2, 0) is 6.54 Å². The van der Waals surface area contributed by atoms with Gasteiger partial charge in [0.25, 0.3) is 5.91 Å². The molecular weight excluding hydrogens is 320 g/mol. The summed E-state index contributed by atoms with van der Waals surface area (Å²) in [6.45, 7) is 2.53. The van der Waals surface area contributed by atoms with E-state index in [1.165, 1.54) is 10.8 Å². The maximum atomic E-state index is 13.2. The average Bonchev–Trinajstić information content (AvgIpc) is 2.73. The highest BCUT2D eigenvalue weighted by molar-refractivity contribution is 5.94. The Bertz CT molecular complexity index is 885. The maximum Gasteiger partial charge on any atom is 0.254 e. The normalized spacial score (nSPS) is 15.1. The van der Waals surface area contributed by atoms with Gasteiger partial charge >= 0.3 is 0 Å². The number of carbonyl (C=O) groups is 1. The Balaban J connectivity index is 1.64. The van der Waals surface area contributed by atoms with Gasteiger partial charge in [-0.15, -0.1) is 0 Å². The SMILES string of the molecule is O=C(c1ccccc1)N(Cc1[c]cc2ccccc2c1)C1CCNCC1. The van der Waals surface area contributed by atoms with E-state index in [1.54, 1.807) is 0 Å². The average molecular weight is 343 g/mol. The Labute approximate surface area is 154 Å². The molecule has 1 radical (unpaired) electrons. The van der Waals surface area contributed by atoms with Gasteiger partial charge in [0.15, 0.2) is 0 Å². The van der Waals surface area contributed by atoms with Gasteiger partial charge in [-0.1, -0.05) is 42.5 Å². The first-order valence-electron chi connectivity index (χ1n) is 9.27. The van der Waals surface area contributed by atoms with Gasteiger partial charge in [0.1, 0.15) is 0 Å². The van der Waals surface area contributed by atoms with Crippen molar-refractivity contribution in [1.82, 2.24) is 10.2 Å². The lowest BCUT2D eigenvalue weighted by molar-refractivity contribution is 0.0623. The van der Waals surface area contributed by atoms with Gasteiger partial charge in [-0.2, -0.15) is 0 Å². The number of carbonyl (C=O) groups excluding carboxylic acids is 1. The first-order chi connectivity index (χ1) is 12.8. The molecule has 1 aliphatic rings. The molecule has 0 aromatic heterocycles. The van der Waals surface area contributed by atoms with Crippen molar-refractivity contribution >= 4 is 16.7 Å². The Morgan fingerprint density at radius 1 is 1.00 bits per heavy atom. The van der Waals surface area contributed by atoms with Gasteiger partial charge < -0.3 is 10.2 Å². The van der Waals surface area contributed by atoms with Crippen LogP contribution in [0.3, 0.4) is 0 Å². The molecule has 26 heavy (non-hydrogen) atoms. The minimum Gasteiger partial charge on any atom is -0.331 e. The lowest BCUT2D eigenvalue weighted by Crippen LogP contribution is -2.45. The van der Waals surface area contributed by atoms with Crippen molar-refractivity contribution in [2.24, 2.45) is 0 Å². The first kappa shape index (κ1) is 16.8. The second kappa shape index (κ2) is 7.71. The van der Waals surface area contributed by atoms with Gasteiger partial charge in [-0.05, 0) is 72.6 Å². The molecule has 0 unspecified atom stereocenters. The molecule has 1 heterocycles. The molecular formula is C23H23N2O. The van der Waals surface area contributed by atoms with Crippen LogP contribution in [0.5, 0.6) is 0 Å². The van der Waals surface area contributed by atoms with E-state index >= 15 is 0 Å². The summed E-state index contributed by atoms with van der Waals surface area (Å²) in [5.41, 5.74) is 1.82. The molecule has 131 valence electrons. The second-order valence-corrected chi connectivity index (χ2v) is 6.87. The monoisotopic (exact) mass is 343 g/mol. The second-order valence-electron chi connectivity index (χ2n) is 6.87. The minimum absolute atomic E-state index is 0.110. The third kappa shape index (κ3) is 3.63. The summed E-state index contributed by atoms with van der Waals surface area (Å²) in [6, 6.07) is 25.7. The van der Waals surface area contributed by atoms with E-state index in [9.17, 15) is 4.79 Å². The minimum atomic E-state index is 0.110. The van der Waals surface area contributed by atoms with Crippen LogP contribution < -0.4 is 5.32 Å². The summed E-state index contributed by atoms with van der Waals surface area (Å²) in [5, 5.41) is 5.76. The number of hydrogen-bond donors (Lipinski definition) is 1. The first-order valence-corrected chi connectivity index (χ1v) is 9.27. The molecule has 1 saturated heterocycles. The predicted octanol–water partition coefficient (Wildman–Crippen LogP) is 4.03. The summed E-state index contributed by atoms with van der Waals surface area (Å²) in [4.78, 5) is 15.2. The third-order valence-corrected chi connectivity index (χ3v) is 5.11. The fourth-order valence-corrected chi connectivity index (χ4v) is 3.68. The van der Waals surface area contributed by atoms with Gasteiger partial charge in [-0.3, -0.25) is 4.79 Å². The standard InChI is InChI=1S/C23H23N2O/c26-23(20-7-2-1-3-8-20)25(22-12-14-24-15-13-22)17-18-10-11-19-6-4-5-9-21(19)16-18/h1-9,11,16,22,24H,12-15,17H2. The zero-order valence-electron chi connectivity index (χ0n) is 14.8. The topological polar surface area (TPSA) is 32.3 Å². The van der Waals surface area contributed by atoms with Crippen LogP contribution in [-0.4, -0.2) is 29.9 Å². The van der Waals surface area contributed by atoms with Gasteiger partial charge in [0.05, 0.1) is 0 Å². The molecule has 1 fully saturated rings. The highest BCUT2D eigenvalue weighted by atomic mass is 16.2. The molecule has 3 nitrogen and oxygen atoms in total. The van der Waals surface area contributed by atoms with Crippen molar-refractivity contribution in [1.29, 1.82) is 0 Å². The molecule has 0 bridgehead atoms. The summed E-state index contributed by atoms with van der Waals surface area (Å²) in [6.07, 6.45) is 1.98. The summed E-state index contributed by atoms with van der Waals surface area (Å²) < 4.78 is 0. The highest BCUT2D eigenvalue weighted by Crippen LogP contribution is 2.21. The molecule has 3 heteroatoms. The number of rotatable bonds is 4. The van der Waals surface area contributed by atoms with Crippen LogP contribution in [0.1, 0.15) is 28.8 Å². The van der Waals surface area contributed by atoms with E-state index in [4.69, 9.17) is 0 Å². The van der Waals surface area contributed by atoms with Crippen molar-refractivity contribution in [2.75, 3.05) is 13.1 Å². The van der Waals surface area contributed by atoms with Crippen LogP contribution >= 0.6 is 0 Å². The number of piperidine rings is 1. The lowest BCUT2D eigenvalue weighted by atomic mass is 10.0.